The molecule has 0 atom stereocenters. The fraction of sp³-hybridized carbons (Fsp3) is 0.333. The number of rotatable bonds is 5. The smallest absolute Gasteiger partial charge is 0.253 e. The van der Waals surface area contributed by atoms with Crippen LogP contribution in [0, 0.1) is 5.82 Å². The molecule has 0 spiro atoms. The van der Waals surface area contributed by atoms with Crippen molar-refractivity contribution < 1.29 is 9.18 Å². The van der Waals surface area contributed by atoms with Gasteiger partial charge in [0.1, 0.15) is 5.82 Å². The quantitative estimate of drug-likeness (QED) is 0.847. The minimum Gasteiger partial charge on any atom is -0.393 e. The van der Waals surface area contributed by atoms with Crippen molar-refractivity contribution in [2.75, 3.05) is 13.1 Å². The minimum absolute atomic E-state index is 0.00210. The van der Waals surface area contributed by atoms with Crippen molar-refractivity contribution in [2.24, 2.45) is 5.73 Å². The number of halogens is 2. The number of hydrogen-bond donors (Lipinski definition) is 1. The van der Waals surface area contributed by atoms with Gasteiger partial charge in [-0.3, -0.25) is 4.79 Å². The summed E-state index contributed by atoms with van der Waals surface area (Å²) in [6.45, 7) is 2.77. The van der Waals surface area contributed by atoms with Crippen LogP contribution in [0.2, 0.25) is 5.02 Å². The molecule has 0 saturated carbocycles. The predicted molar refractivity (Wildman–Crippen MR) is 74.4 cm³/mol. The summed E-state index contributed by atoms with van der Waals surface area (Å²) in [5.41, 5.74) is 5.66. The summed E-state index contributed by atoms with van der Waals surface area (Å²) >= 11 is 10.3. The molecule has 6 heteroatoms. The summed E-state index contributed by atoms with van der Waals surface area (Å²) in [4.78, 5) is 14.0. The topological polar surface area (TPSA) is 46.3 Å². The van der Waals surface area contributed by atoms with Crippen molar-refractivity contribution in [3.63, 3.8) is 0 Å². The van der Waals surface area contributed by atoms with Gasteiger partial charge >= 0.3 is 0 Å². The van der Waals surface area contributed by atoms with E-state index in [-0.39, 0.29) is 16.5 Å². The standard InChI is InChI=1S/C12H14ClFN2OS/c1-2-16(6-5-11(15)18)12(17)8-3-4-9(13)10(14)7-8/h3-4,7H,2,5-6H2,1H3,(H2,15,18). The molecule has 0 unspecified atom stereocenters. The number of nitrogens with zero attached hydrogens (tertiary/aromatic N) is 1. The highest BCUT2D eigenvalue weighted by Gasteiger charge is 2.15. The molecule has 0 radical (unpaired) electrons. The molecule has 1 aromatic rings. The third kappa shape index (κ3) is 3.92. The van der Waals surface area contributed by atoms with Gasteiger partial charge in [-0.05, 0) is 25.1 Å². The minimum atomic E-state index is -0.604. The Morgan fingerprint density at radius 2 is 2.22 bits per heavy atom. The van der Waals surface area contributed by atoms with Crippen molar-refractivity contribution in [2.45, 2.75) is 13.3 Å². The van der Waals surface area contributed by atoms with E-state index in [4.69, 9.17) is 29.6 Å². The maximum absolute atomic E-state index is 13.3. The molecule has 0 saturated heterocycles. The van der Waals surface area contributed by atoms with Gasteiger partial charge in [0.25, 0.3) is 5.91 Å². The molecule has 1 aromatic carbocycles. The fourth-order valence-electron chi connectivity index (χ4n) is 1.46. The van der Waals surface area contributed by atoms with E-state index in [1.807, 2.05) is 6.92 Å². The second-order valence-corrected chi connectivity index (χ2v) is 4.66. The van der Waals surface area contributed by atoms with Crippen molar-refractivity contribution in [1.82, 2.24) is 4.90 Å². The first-order valence-electron chi connectivity index (χ1n) is 5.48. The molecule has 0 fully saturated rings. The zero-order chi connectivity index (χ0) is 13.7. The van der Waals surface area contributed by atoms with Gasteiger partial charge < -0.3 is 10.6 Å². The molecule has 0 aliphatic carbocycles. The summed E-state index contributed by atoms with van der Waals surface area (Å²) in [7, 11) is 0. The Balaban J connectivity index is 2.82. The van der Waals surface area contributed by atoms with E-state index < -0.39 is 5.82 Å². The lowest BCUT2D eigenvalue weighted by molar-refractivity contribution is 0.0768. The zero-order valence-corrected chi connectivity index (χ0v) is 11.5. The van der Waals surface area contributed by atoms with Crippen LogP contribution in [0.25, 0.3) is 0 Å². The summed E-state index contributed by atoms with van der Waals surface area (Å²) in [6.07, 6.45) is 0.449. The molecule has 1 rings (SSSR count). The Morgan fingerprint density at radius 3 is 2.72 bits per heavy atom. The summed E-state index contributed by atoms with van der Waals surface area (Å²) < 4.78 is 13.3. The van der Waals surface area contributed by atoms with Crippen molar-refractivity contribution in [1.29, 1.82) is 0 Å². The number of nitrogens with two attached hydrogens (primary N) is 1. The van der Waals surface area contributed by atoms with Gasteiger partial charge in [-0.2, -0.15) is 0 Å². The predicted octanol–water partition coefficient (Wildman–Crippen LogP) is 2.62. The average molecular weight is 289 g/mol. The van der Waals surface area contributed by atoms with E-state index in [0.29, 0.717) is 24.5 Å². The van der Waals surface area contributed by atoms with Crippen LogP contribution >= 0.6 is 23.8 Å². The van der Waals surface area contributed by atoms with Crippen LogP contribution in [-0.2, 0) is 0 Å². The van der Waals surface area contributed by atoms with Crippen LogP contribution < -0.4 is 5.73 Å². The highest BCUT2D eigenvalue weighted by molar-refractivity contribution is 7.80. The van der Waals surface area contributed by atoms with E-state index in [0.717, 1.165) is 6.07 Å². The normalized spacial score (nSPS) is 10.2. The molecule has 3 nitrogen and oxygen atoms in total. The summed E-state index contributed by atoms with van der Waals surface area (Å²) in [5.74, 6) is -0.864. The van der Waals surface area contributed by atoms with E-state index in [2.05, 4.69) is 0 Å². The molecule has 2 N–H and O–H groups in total. The number of benzene rings is 1. The maximum atomic E-state index is 13.3. The lowest BCUT2D eigenvalue weighted by atomic mass is 10.2. The first kappa shape index (κ1) is 14.9. The lowest BCUT2D eigenvalue weighted by Crippen LogP contribution is -2.33. The SMILES string of the molecule is CCN(CCC(N)=S)C(=O)c1ccc(Cl)c(F)c1. The monoisotopic (exact) mass is 288 g/mol. The van der Waals surface area contributed by atoms with Crippen molar-refractivity contribution in [3.05, 3.63) is 34.6 Å². The van der Waals surface area contributed by atoms with Crippen molar-refractivity contribution >= 4 is 34.7 Å². The van der Waals surface area contributed by atoms with Gasteiger partial charge in [0.05, 0.1) is 10.0 Å². The number of carbonyl (C=O) groups excluding carboxylic acids is 1. The molecular formula is C12H14ClFN2OS. The van der Waals surface area contributed by atoms with E-state index >= 15 is 0 Å². The highest BCUT2D eigenvalue weighted by atomic mass is 35.5. The van der Waals surface area contributed by atoms with Crippen LogP contribution in [0.15, 0.2) is 18.2 Å². The molecule has 1 amide bonds. The lowest BCUT2D eigenvalue weighted by Gasteiger charge is -2.20. The third-order valence-electron chi connectivity index (χ3n) is 2.46. The van der Waals surface area contributed by atoms with E-state index in [9.17, 15) is 9.18 Å². The largest absolute Gasteiger partial charge is 0.393 e. The van der Waals surface area contributed by atoms with Gasteiger partial charge in [-0.1, -0.05) is 23.8 Å². The number of amides is 1. The Labute approximate surface area is 116 Å². The maximum Gasteiger partial charge on any atom is 0.253 e. The van der Waals surface area contributed by atoms with E-state index in [1.165, 1.54) is 12.1 Å². The Hall–Kier alpha value is -1.20. The molecule has 0 aliphatic rings. The summed E-state index contributed by atoms with van der Waals surface area (Å²) in [6, 6.07) is 4.00. The van der Waals surface area contributed by atoms with E-state index in [1.54, 1.807) is 4.90 Å². The Morgan fingerprint density at radius 1 is 1.56 bits per heavy atom. The summed E-state index contributed by atoms with van der Waals surface area (Å²) in [5, 5.41) is -0.00210. The van der Waals surface area contributed by atoms with Crippen molar-refractivity contribution in [3.8, 4) is 0 Å². The zero-order valence-electron chi connectivity index (χ0n) is 9.95. The second kappa shape index (κ2) is 6.66. The molecular weight excluding hydrogens is 275 g/mol. The molecule has 0 bridgehead atoms. The third-order valence-corrected chi connectivity index (χ3v) is 2.97. The molecule has 0 aliphatic heterocycles. The first-order chi connectivity index (χ1) is 8.45. The molecule has 0 aromatic heterocycles. The van der Waals surface area contributed by atoms with Crippen LogP contribution in [0.1, 0.15) is 23.7 Å². The molecule has 0 heterocycles. The molecule has 18 heavy (non-hydrogen) atoms. The van der Waals surface area contributed by atoms with Crippen LogP contribution in [-0.4, -0.2) is 28.9 Å². The number of thiocarbonyl (C=S) groups is 1. The fourth-order valence-corrected chi connectivity index (χ4v) is 1.67. The van der Waals surface area contributed by atoms with Gasteiger partial charge in [0.15, 0.2) is 0 Å². The van der Waals surface area contributed by atoms with Gasteiger partial charge in [-0.15, -0.1) is 0 Å². The average Bonchev–Trinajstić information content (AvgIpc) is 2.32. The van der Waals surface area contributed by atoms with Crippen LogP contribution in [0.5, 0.6) is 0 Å². The van der Waals surface area contributed by atoms with Crippen LogP contribution in [0.3, 0.4) is 0 Å². The van der Waals surface area contributed by atoms with Gasteiger partial charge in [0.2, 0.25) is 0 Å². The highest BCUT2D eigenvalue weighted by Crippen LogP contribution is 2.16. The Bertz CT molecular complexity index is 467. The first-order valence-corrected chi connectivity index (χ1v) is 6.27. The number of hydrogen-bond acceptors (Lipinski definition) is 2. The van der Waals surface area contributed by atoms with Gasteiger partial charge in [0, 0.05) is 25.1 Å². The van der Waals surface area contributed by atoms with Crippen LogP contribution in [0.4, 0.5) is 4.39 Å². The van der Waals surface area contributed by atoms with Gasteiger partial charge in [-0.25, -0.2) is 4.39 Å². The number of carbonyl (C=O) groups is 1. The molecule has 98 valence electrons. The second-order valence-electron chi connectivity index (χ2n) is 3.73. The Kier molecular flexibility index (Phi) is 5.50.